The summed E-state index contributed by atoms with van der Waals surface area (Å²) in [7, 11) is 0. The van der Waals surface area contributed by atoms with E-state index in [1.807, 2.05) is 0 Å². The fourth-order valence-electron chi connectivity index (χ4n) is 2.46. The highest BCUT2D eigenvalue weighted by atomic mass is 14.7. The van der Waals surface area contributed by atoms with Gasteiger partial charge in [-0.3, -0.25) is 0 Å². The lowest BCUT2D eigenvalue weighted by Gasteiger charge is -2.04. The Balaban J connectivity index is 2.18. The van der Waals surface area contributed by atoms with E-state index >= 15 is 0 Å². The van der Waals surface area contributed by atoms with Crippen LogP contribution in [0.25, 0.3) is 22.4 Å². The van der Waals surface area contributed by atoms with Crippen LogP contribution in [0, 0.1) is 0 Å². The first-order chi connectivity index (χ1) is 9.75. The van der Waals surface area contributed by atoms with E-state index in [2.05, 4.69) is 85.6 Å². The van der Waals surface area contributed by atoms with E-state index in [9.17, 15) is 0 Å². The summed E-state index contributed by atoms with van der Waals surface area (Å²) in [5.41, 5.74) is 6.26. The molecule has 0 atom stereocenters. The lowest BCUT2D eigenvalue weighted by atomic mass is 10.0. The van der Waals surface area contributed by atoms with E-state index in [4.69, 9.17) is 0 Å². The molecule has 1 aromatic heterocycles. The Morgan fingerprint density at radius 1 is 0.750 bits per heavy atom. The van der Waals surface area contributed by atoms with Gasteiger partial charge in [0.05, 0.1) is 5.69 Å². The van der Waals surface area contributed by atoms with Crippen molar-refractivity contribution >= 4 is 0 Å². The van der Waals surface area contributed by atoms with Crippen molar-refractivity contribution in [2.24, 2.45) is 0 Å². The number of H-pyrrole nitrogens is 1. The Labute approximate surface area is 120 Å². The van der Waals surface area contributed by atoms with Gasteiger partial charge < -0.3 is 4.98 Å². The number of hydrogen-bond donors (Lipinski definition) is 1. The molecule has 3 aromatic rings. The Kier molecular flexibility index (Phi) is 3.42. The smallest absolute Gasteiger partial charge is 0.0535 e. The zero-order valence-electron chi connectivity index (χ0n) is 11.9. The van der Waals surface area contributed by atoms with Crippen LogP contribution in [0.5, 0.6) is 0 Å². The molecule has 0 saturated carbocycles. The van der Waals surface area contributed by atoms with Crippen LogP contribution in [-0.4, -0.2) is 4.98 Å². The quantitative estimate of drug-likeness (QED) is 0.643. The van der Waals surface area contributed by atoms with Gasteiger partial charge in [0.2, 0.25) is 0 Å². The first-order valence-electron chi connectivity index (χ1n) is 7.09. The van der Waals surface area contributed by atoms with Crippen LogP contribution in [0.1, 0.15) is 25.5 Å². The second kappa shape index (κ2) is 5.38. The largest absolute Gasteiger partial charge is 0.358 e. The molecule has 1 nitrogen and oxygen atoms in total. The van der Waals surface area contributed by atoms with Gasteiger partial charge in [-0.25, -0.2) is 0 Å². The number of nitrogens with one attached hydrogen (secondary N) is 1. The zero-order valence-corrected chi connectivity index (χ0v) is 11.9. The molecular weight excluding hydrogens is 242 g/mol. The maximum atomic E-state index is 3.60. The predicted molar refractivity (Wildman–Crippen MR) is 85.8 cm³/mol. The highest BCUT2D eigenvalue weighted by molar-refractivity contribution is 5.82. The minimum absolute atomic E-state index is 0.495. The van der Waals surface area contributed by atoms with Crippen molar-refractivity contribution in [3.8, 4) is 22.4 Å². The number of hydrogen-bond acceptors (Lipinski definition) is 0. The molecule has 100 valence electrons. The number of benzene rings is 2. The maximum Gasteiger partial charge on any atom is 0.0535 e. The van der Waals surface area contributed by atoms with Crippen LogP contribution in [0.4, 0.5) is 0 Å². The fourth-order valence-corrected chi connectivity index (χ4v) is 2.46. The molecule has 0 saturated heterocycles. The summed E-state index contributed by atoms with van der Waals surface area (Å²) in [5.74, 6) is 0.495. The van der Waals surface area contributed by atoms with Crippen molar-refractivity contribution in [1.82, 2.24) is 4.98 Å². The lowest BCUT2D eigenvalue weighted by Crippen LogP contribution is -1.86. The summed E-state index contributed by atoms with van der Waals surface area (Å²) < 4.78 is 0. The first-order valence-corrected chi connectivity index (χ1v) is 7.09. The van der Waals surface area contributed by atoms with Gasteiger partial charge in [-0.1, -0.05) is 74.5 Å². The van der Waals surface area contributed by atoms with E-state index in [0.29, 0.717) is 5.92 Å². The predicted octanol–water partition coefficient (Wildman–Crippen LogP) is 5.47. The van der Waals surface area contributed by atoms with Crippen LogP contribution >= 0.6 is 0 Å². The van der Waals surface area contributed by atoms with Gasteiger partial charge in [0, 0.05) is 11.3 Å². The number of rotatable bonds is 3. The third-order valence-electron chi connectivity index (χ3n) is 3.61. The maximum absolute atomic E-state index is 3.60. The molecule has 0 aliphatic carbocycles. The summed E-state index contributed by atoms with van der Waals surface area (Å²) in [4.78, 5) is 3.60. The van der Waals surface area contributed by atoms with Crippen LogP contribution in [0.15, 0.2) is 66.7 Å². The Hall–Kier alpha value is -2.28. The molecule has 2 aromatic carbocycles. The molecule has 0 amide bonds. The topological polar surface area (TPSA) is 15.8 Å². The molecule has 20 heavy (non-hydrogen) atoms. The molecule has 0 bridgehead atoms. The Morgan fingerprint density at radius 2 is 1.30 bits per heavy atom. The molecule has 1 heterocycles. The molecule has 0 aliphatic heterocycles. The van der Waals surface area contributed by atoms with Crippen LogP contribution in [0.3, 0.4) is 0 Å². The van der Waals surface area contributed by atoms with Crippen molar-refractivity contribution in [2.75, 3.05) is 0 Å². The van der Waals surface area contributed by atoms with Gasteiger partial charge in [-0.05, 0) is 23.1 Å². The molecule has 0 radical (unpaired) electrons. The summed E-state index contributed by atoms with van der Waals surface area (Å²) in [5, 5.41) is 0. The van der Waals surface area contributed by atoms with E-state index in [1.165, 1.54) is 28.1 Å². The summed E-state index contributed by atoms with van der Waals surface area (Å²) in [6.45, 7) is 4.44. The average molecular weight is 261 g/mol. The second-order valence-corrected chi connectivity index (χ2v) is 5.40. The molecule has 1 N–H and O–H groups in total. The number of aromatic nitrogens is 1. The summed E-state index contributed by atoms with van der Waals surface area (Å²) in [6, 6.07) is 23.4. The van der Waals surface area contributed by atoms with Crippen molar-refractivity contribution in [3.63, 3.8) is 0 Å². The summed E-state index contributed by atoms with van der Waals surface area (Å²) >= 11 is 0. The third kappa shape index (κ3) is 2.39. The normalized spacial score (nSPS) is 10.9. The van der Waals surface area contributed by atoms with Gasteiger partial charge in [-0.15, -0.1) is 0 Å². The minimum atomic E-state index is 0.495. The highest BCUT2D eigenvalue weighted by Crippen LogP contribution is 2.34. The van der Waals surface area contributed by atoms with Gasteiger partial charge in [-0.2, -0.15) is 0 Å². The molecule has 0 aliphatic rings. The Bertz CT molecular complexity index is 621. The molecule has 0 fully saturated rings. The standard InChI is InChI=1S/C19H19N/c1-14(2)18-13-17(15-9-5-3-6-10-15)19(20-18)16-11-7-4-8-12-16/h3-14,20H,1-2H3. The molecule has 1 heteroatoms. The van der Waals surface area contributed by atoms with Crippen molar-refractivity contribution in [2.45, 2.75) is 19.8 Å². The Morgan fingerprint density at radius 3 is 1.85 bits per heavy atom. The summed E-state index contributed by atoms with van der Waals surface area (Å²) in [6.07, 6.45) is 0. The van der Waals surface area contributed by atoms with Gasteiger partial charge in [0.25, 0.3) is 0 Å². The third-order valence-corrected chi connectivity index (χ3v) is 3.61. The molecule has 0 unspecified atom stereocenters. The first kappa shape index (κ1) is 12.7. The molecule has 3 rings (SSSR count). The van der Waals surface area contributed by atoms with E-state index in [-0.39, 0.29) is 0 Å². The van der Waals surface area contributed by atoms with Gasteiger partial charge in [0.1, 0.15) is 0 Å². The van der Waals surface area contributed by atoms with E-state index in [0.717, 1.165) is 0 Å². The lowest BCUT2D eigenvalue weighted by molar-refractivity contribution is 0.834. The molecule has 0 spiro atoms. The second-order valence-electron chi connectivity index (χ2n) is 5.40. The fraction of sp³-hybridized carbons (Fsp3) is 0.158. The van der Waals surface area contributed by atoms with Crippen molar-refractivity contribution in [3.05, 3.63) is 72.4 Å². The minimum Gasteiger partial charge on any atom is -0.358 e. The van der Waals surface area contributed by atoms with Crippen molar-refractivity contribution < 1.29 is 0 Å². The van der Waals surface area contributed by atoms with E-state index in [1.54, 1.807) is 0 Å². The van der Waals surface area contributed by atoms with Gasteiger partial charge in [0.15, 0.2) is 0 Å². The average Bonchev–Trinajstić information content (AvgIpc) is 2.94. The number of aromatic amines is 1. The van der Waals surface area contributed by atoms with Gasteiger partial charge >= 0.3 is 0 Å². The van der Waals surface area contributed by atoms with Crippen LogP contribution in [0.2, 0.25) is 0 Å². The zero-order chi connectivity index (χ0) is 13.9. The van der Waals surface area contributed by atoms with Crippen molar-refractivity contribution in [1.29, 1.82) is 0 Å². The SMILES string of the molecule is CC(C)c1cc(-c2ccccc2)c(-c2ccccc2)[nH]1. The molecular formula is C19H19N. The van der Waals surface area contributed by atoms with Crippen LogP contribution in [-0.2, 0) is 0 Å². The monoisotopic (exact) mass is 261 g/mol. The highest BCUT2D eigenvalue weighted by Gasteiger charge is 2.13. The van der Waals surface area contributed by atoms with E-state index < -0.39 is 0 Å². The van der Waals surface area contributed by atoms with Crippen LogP contribution < -0.4 is 0 Å².